The van der Waals surface area contributed by atoms with Crippen molar-refractivity contribution in [1.29, 1.82) is 0 Å². The zero-order chi connectivity index (χ0) is 10.1. The number of hydrogen-bond donors (Lipinski definition) is 1. The molecular formula is C10H16N4. The quantitative estimate of drug-likeness (QED) is 0.780. The molecule has 1 heterocycles. The second kappa shape index (κ2) is 3.44. The van der Waals surface area contributed by atoms with Gasteiger partial charge in [0.25, 0.3) is 0 Å². The summed E-state index contributed by atoms with van der Waals surface area (Å²) in [6, 6.07) is 0. The highest BCUT2D eigenvalue weighted by Crippen LogP contribution is 2.38. The topological polar surface area (TPSA) is 55.0 Å². The number of anilines is 2. The van der Waals surface area contributed by atoms with Gasteiger partial charge in [-0.15, -0.1) is 0 Å². The zero-order valence-corrected chi connectivity index (χ0v) is 8.64. The molecule has 1 aromatic rings. The van der Waals surface area contributed by atoms with Crippen LogP contribution in [0.2, 0.25) is 0 Å². The molecule has 1 aliphatic carbocycles. The van der Waals surface area contributed by atoms with Crippen molar-refractivity contribution in [2.45, 2.75) is 13.3 Å². The summed E-state index contributed by atoms with van der Waals surface area (Å²) in [4.78, 5) is 10.4. The van der Waals surface area contributed by atoms with Gasteiger partial charge in [0.15, 0.2) is 0 Å². The number of nitrogens with zero attached hydrogens (tertiary/aromatic N) is 3. The molecule has 2 rings (SSSR count). The van der Waals surface area contributed by atoms with Crippen LogP contribution in [0.25, 0.3) is 0 Å². The second-order valence-electron chi connectivity index (χ2n) is 4.15. The number of aromatic nitrogens is 2. The molecule has 14 heavy (non-hydrogen) atoms. The third kappa shape index (κ3) is 1.95. The predicted molar refractivity (Wildman–Crippen MR) is 57.0 cm³/mol. The van der Waals surface area contributed by atoms with E-state index in [9.17, 15) is 0 Å². The van der Waals surface area contributed by atoms with Crippen molar-refractivity contribution in [3.63, 3.8) is 0 Å². The monoisotopic (exact) mass is 192 g/mol. The van der Waals surface area contributed by atoms with Crippen LogP contribution in [0, 0.1) is 11.8 Å². The first-order valence-corrected chi connectivity index (χ1v) is 4.95. The molecule has 0 aliphatic heterocycles. The van der Waals surface area contributed by atoms with Crippen LogP contribution in [0.15, 0.2) is 12.4 Å². The summed E-state index contributed by atoms with van der Waals surface area (Å²) < 4.78 is 0. The molecule has 0 saturated heterocycles. The maximum Gasteiger partial charge on any atom is 0.146 e. The first-order valence-electron chi connectivity index (χ1n) is 4.95. The van der Waals surface area contributed by atoms with E-state index in [-0.39, 0.29) is 0 Å². The standard InChI is InChI=1S/C10H16N4/c1-7-3-8(7)6-14(2)10-5-12-9(11)4-13-10/h4-5,7-8H,3,6H2,1-2H3,(H2,11,12). The van der Waals surface area contributed by atoms with Crippen LogP contribution < -0.4 is 10.6 Å². The van der Waals surface area contributed by atoms with Crippen molar-refractivity contribution in [1.82, 2.24) is 9.97 Å². The van der Waals surface area contributed by atoms with E-state index in [0.717, 1.165) is 24.2 Å². The molecule has 2 N–H and O–H groups in total. The van der Waals surface area contributed by atoms with E-state index in [2.05, 4.69) is 21.8 Å². The fourth-order valence-electron chi connectivity index (χ4n) is 1.63. The van der Waals surface area contributed by atoms with Crippen molar-refractivity contribution in [2.75, 3.05) is 24.2 Å². The van der Waals surface area contributed by atoms with Gasteiger partial charge in [0.1, 0.15) is 11.6 Å². The third-order valence-corrected chi connectivity index (χ3v) is 2.83. The minimum absolute atomic E-state index is 0.474. The average molecular weight is 192 g/mol. The van der Waals surface area contributed by atoms with Crippen molar-refractivity contribution in [3.05, 3.63) is 12.4 Å². The van der Waals surface area contributed by atoms with Crippen LogP contribution in [0.3, 0.4) is 0 Å². The Labute approximate surface area is 84.2 Å². The Kier molecular flexibility index (Phi) is 2.27. The molecule has 0 spiro atoms. The summed E-state index contributed by atoms with van der Waals surface area (Å²) in [5, 5.41) is 0. The van der Waals surface area contributed by atoms with E-state index in [1.807, 2.05) is 7.05 Å². The summed E-state index contributed by atoms with van der Waals surface area (Å²) >= 11 is 0. The van der Waals surface area contributed by atoms with E-state index in [0.29, 0.717) is 5.82 Å². The molecule has 0 bridgehead atoms. The minimum atomic E-state index is 0.474. The summed E-state index contributed by atoms with van der Waals surface area (Å²) in [6.45, 7) is 3.35. The highest BCUT2D eigenvalue weighted by atomic mass is 15.2. The van der Waals surface area contributed by atoms with Gasteiger partial charge in [-0.05, 0) is 18.3 Å². The van der Waals surface area contributed by atoms with Crippen LogP contribution >= 0.6 is 0 Å². The maximum absolute atomic E-state index is 5.47. The number of rotatable bonds is 3. The molecule has 4 nitrogen and oxygen atoms in total. The fourth-order valence-corrected chi connectivity index (χ4v) is 1.63. The average Bonchev–Trinajstić information content (AvgIpc) is 2.82. The lowest BCUT2D eigenvalue weighted by atomic mass is 10.3. The molecular weight excluding hydrogens is 176 g/mol. The largest absolute Gasteiger partial charge is 0.382 e. The van der Waals surface area contributed by atoms with Gasteiger partial charge < -0.3 is 10.6 Å². The molecule has 4 heteroatoms. The Morgan fingerprint density at radius 1 is 1.50 bits per heavy atom. The smallest absolute Gasteiger partial charge is 0.146 e. The highest BCUT2D eigenvalue weighted by Gasteiger charge is 2.33. The van der Waals surface area contributed by atoms with Crippen molar-refractivity contribution >= 4 is 11.6 Å². The van der Waals surface area contributed by atoms with Crippen LogP contribution in [-0.4, -0.2) is 23.6 Å². The third-order valence-electron chi connectivity index (χ3n) is 2.83. The van der Waals surface area contributed by atoms with Crippen molar-refractivity contribution in [2.24, 2.45) is 11.8 Å². The van der Waals surface area contributed by atoms with Gasteiger partial charge in [-0.1, -0.05) is 6.92 Å². The Balaban J connectivity index is 1.96. The van der Waals surface area contributed by atoms with Gasteiger partial charge >= 0.3 is 0 Å². The lowest BCUT2D eigenvalue weighted by Gasteiger charge is -2.17. The van der Waals surface area contributed by atoms with Crippen LogP contribution in [0.5, 0.6) is 0 Å². The van der Waals surface area contributed by atoms with E-state index in [1.54, 1.807) is 12.4 Å². The SMILES string of the molecule is CC1CC1CN(C)c1cnc(N)cn1. The molecule has 1 aliphatic rings. The maximum atomic E-state index is 5.47. The van der Waals surface area contributed by atoms with E-state index < -0.39 is 0 Å². The highest BCUT2D eigenvalue weighted by molar-refractivity contribution is 5.38. The van der Waals surface area contributed by atoms with Gasteiger partial charge in [-0.3, -0.25) is 0 Å². The van der Waals surface area contributed by atoms with Gasteiger partial charge in [0.2, 0.25) is 0 Å². The Morgan fingerprint density at radius 3 is 2.71 bits per heavy atom. The summed E-state index contributed by atoms with van der Waals surface area (Å²) in [7, 11) is 2.05. The predicted octanol–water partition coefficient (Wildman–Crippen LogP) is 1.15. The van der Waals surface area contributed by atoms with Gasteiger partial charge in [0.05, 0.1) is 12.4 Å². The summed E-state index contributed by atoms with van der Waals surface area (Å²) in [6.07, 6.45) is 4.66. The van der Waals surface area contributed by atoms with Gasteiger partial charge in [-0.2, -0.15) is 0 Å². The van der Waals surface area contributed by atoms with Gasteiger partial charge in [0, 0.05) is 13.6 Å². The normalized spacial score (nSPS) is 24.7. The first-order chi connectivity index (χ1) is 6.66. The van der Waals surface area contributed by atoms with Crippen LogP contribution in [0.1, 0.15) is 13.3 Å². The Hall–Kier alpha value is -1.32. The molecule has 1 fully saturated rings. The van der Waals surface area contributed by atoms with E-state index in [4.69, 9.17) is 5.73 Å². The molecule has 1 saturated carbocycles. The molecule has 76 valence electrons. The molecule has 1 aromatic heterocycles. The van der Waals surface area contributed by atoms with Crippen molar-refractivity contribution < 1.29 is 0 Å². The fraction of sp³-hybridized carbons (Fsp3) is 0.600. The minimum Gasteiger partial charge on any atom is -0.382 e. The Morgan fingerprint density at radius 2 is 2.21 bits per heavy atom. The molecule has 2 unspecified atom stereocenters. The van der Waals surface area contributed by atoms with Crippen molar-refractivity contribution in [3.8, 4) is 0 Å². The summed E-state index contributed by atoms with van der Waals surface area (Å²) in [5.41, 5.74) is 5.47. The van der Waals surface area contributed by atoms with Crippen LogP contribution in [0.4, 0.5) is 11.6 Å². The number of hydrogen-bond acceptors (Lipinski definition) is 4. The second-order valence-corrected chi connectivity index (χ2v) is 4.15. The Bertz CT molecular complexity index is 308. The lowest BCUT2D eigenvalue weighted by Crippen LogP contribution is -2.21. The molecule has 0 aromatic carbocycles. The molecule has 0 radical (unpaired) electrons. The van der Waals surface area contributed by atoms with Gasteiger partial charge in [-0.25, -0.2) is 9.97 Å². The van der Waals surface area contributed by atoms with E-state index in [1.165, 1.54) is 6.42 Å². The first kappa shape index (κ1) is 9.24. The number of nitrogen functional groups attached to an aromatic ring is 1. The summed E-state index contributed by atoms with van der Waals surface area (Å²) in [5.74, 6) is 3.08. The van der Waals surface area contributed by atoms with E-state index >= 15 is 0 Å². The zero-order valence-electron chi connectivity index (χ0n) is 8.64. The molecule has 0 amide bonds. The number of nitrogens with two attached hydrogens (primary N) is 1. The molecule has 2 atom stereocenters. The lowest BCUT2D eigenvalue weighted by molar-refractivity contribution is 0.718. The van der Waals surface area contributed by atoms with Crippen LogP contribution in [-0.2, 0) is 0 Å².